The van der Waals surface area contributed by atoms with Crippen LogP contribution in [0.4, 0.5) is 0 Å². The highest BCUT2D eigenvalue weighted by Gasteiger charge is 2.08. The summed E-state index contributed by atoms with van der Waals surface area (Å²) in [5.41, 5.74) is 3.97. The highest BCUT2D eigenvalue weighted by molar-refractivity contribution is 6.31. The summed E-state index contributed by atoms with van der Waals surface area (Å²) in [5.74, 6) is 0. The Kier molecular flexibility index (Phi) is 9.13. The van der Waals surface area contributed by atoms with Crippen LogP contribution < -0.4 is 0 Å². The van der Waals surface area contributed by atoms with Crippen LogP contribution >= 0.6 is 23.2 Å². The van der Waals surface area contributed by atoms with Crippen molar-refractivity contribution in [2.75, 3.05) is 41.3 Å². The molecule has 0 aliphatic heterocycles. The standard InChI is InChI=1S/C22H28Cl2N4/c1-27(2)15-13-21(17-5-9-19(23)10-6-17)25-26-22(14-16-28(3)4)18-7-11-20(24)12-8-18/h5-12H,13-16H2,1-4H3/b25-21-,26-22+. The first-order chi connectivity index (χ1) is 13.3. The Morgan fingerprint density at radius 3 is 1.25 bits per heavy atom. The fourth-order valence-corrected chi connectivity index (χ4v) is 2.82. The molecule has 0 N–H and O–H groups in total. The number of rotatable bonds is 9. The van der Waals surface area contributed by atoms with Gasteiger partial charge in [0.1, 0.15) is 0 Å². The molecule has 0 heterocycles. The normalized spacial score (nSPS) is 12.9. The van der Waals surface area contributed by atoms with Gasteiger partial charge in [0.2, 0.25) is 0 Å². The second-order valence-corrected chi connectivity index (χ2v) is 8.09. The van der Waals surface area contributed by atoms with Gasteiger partial charge in [-0.1, -0.05) is 47.5 Å². The molecule has 0 amide bonds. The van der Waals surface area contributed by atoms with E-state index in [2.05, 4.69) is 48.2 Å². The fraction of sp³-hybridized carbons (Fsp3) is 0.364. The van der Waals surface area contributed by atoms with Gasteiger partial charge in [0.25, 0.3) is 0 Å². The van der Waals surface area contributed by atoms with E-state index in [1.54, 1.807) is 0 Å². The first kappa shape index (κ1) is 22.6. The van der Waals surface area contributed by atoms with Crippen molar-refractivity contribution in [2.45, 2.75) is 12.8 Å². The van der Waals surface area contributed by atoms with Crippen LogP contribution in [0.5, 0.6) is 0 Å². The quantitative estimate of drug-likeness (QED) is 0.419. The van der Waals surface area contributed by atoms with Crippen molar-refractivity contribution in [2.24, 2.45) is 10.2 Å². The zero-order chi connectivity index (χ0) is 20.5. The van der Waals surface area contributed by atoms with E-state index in [0.29, 0.717) is 10.0 Å². The lowest BCUT2D eigenvalue weighted by molar-refractivity contribution is 0.421. The SMILES string of the molecule is CN(C)CC/C(=N/N=C(\CCN(C)C)c1ccc(Cl)cc1)c1ccc(Cl)cc1. The maximum atomic E-state index is 6.04. The van der Waals surface area contributed by atoms with E-state index in [-0.39, 0.29) is 0 Å². The van der Waals surface area contributed by atoms with Gasteiger partial charge in [-0.05, 0) is 63.6 Å². The maximum Gasteiger partial charge on any atom is 0.0715 e. The van der Waals surface area contributed by atoms with Crippen LogP contribution in [0.2, 0.25) is 10.0 Å². The molecule has 0 fully saturated rings. The van der Waals surface area contributed by atoms with Crippen LogP contribution in [0, 0.1) is 0 Å². The Morgan fingerprint density at radius 2 is 0.964 bits per heavy atom. The molecule has 0 aliphatic rings. The Morgan fingerprint density at radius 1 is 0.643 bits per heavy atom. The third-order valence-electron chi connectivity index (χ3n) is 4.24. The molecule has 4 nitrogen and oxygen atoms in total. The molecule has 0 aromatic heterocycles. The monoisotopic (exact) mass is 418 g/mol. The fourth-order valence-electron chi connectivity index (χ4n) is 2.57. The largest absolute Gasteiger partial charge is 0.309 e. The molecular weight excluding hydrogens is 391 g/mol. The van der Waals surface area contributed by atoms with Gasteiger partial charge in [-0.3, -0.25) is 0 Å². The molecule has 0 saturated heterocycles. The van der Waals surface area contributed by atoms with E-state index >= 15 is 0 Å². The van der Waals surface area contributed by atoms with Crippen molar-refractivity contribution in [3.63, 3.8) is 0 Å². The molecule has 0 spiro atoms. The van der Waals surface area contributed by atoms with Gasteiger partial charge < -0.3 is 9.80 Å². The molecule has 0 atom stereocenters. The van der Waals surface area contributed by atoms with Gasteiger partial charge in [0.05, 0.1) is 11.4 Å². The van der Waals surface area contributed by atoms with Crippen molar-refractivity contribution in [3.8, 4) is 0 Å². The predicted molar refractivity (Wildman–Crippen MR) is 122 cm³/mol. The van der Waals surface area contributed by atoms with Crippen LogP contribution in [0.3, 0.4) is 0 Å². The summed E-state index contributed by atoms with van der Waals surface area (Å²) in [4.78, 5) is 4.28. The maximum absolute atomic E-state index is 6.04. The second-order valence-electron chi connectivity index (χ2n) is 7.21. The van der Waals surface area contributed by atoms with Crippen LogP contribution in [0.1, 0.15) is 24.0 Å². The lowest BCUT2D eigenvalue weighted by atomic mass is 10.1. The van der Waals surface area contributed by atoms with E-state index in [0.717, 1.165) is 48.5 Å². The Bertz CT molecular complexity index is 725. The summed E-state index contributed by atoms with van der Waals surface area (Å²) in [5, 5.41) is 10.7. The summed E-state index contributed by atoms with van der Waals surface area (Å²) in [7, 11) is 8.22. The minimum atomic E-state index is 0.715. The van der Waals surface area contributed by atoms with E-state index in [4.69, 9.17) is 23.2 Å². The second kappa shape index (κ2) is 11.3. The van der Waals surface area contributed by atoms with Crippen molar-refractivity contribution < 1.29 is 0 Å². The molecule has 6 heteroatoms. The zero-order valence-electron chi connectivity index (χ0n) is 17.0. The third-order valence-corrected chi connectivity index (χ3v) is 4.74. The molecule has 0 aliphatic carbocycles. The molecule has 0 saturated carbocycles. The van der Waals surface area contributed by atoms with Gasteiger partial charge in [-0.25, -0.2) is 0 Å². The molecule has 2 aromatic rings. The number of benzene rings is 2. The number of hydrogen-bond acceptors (Lipinski definition) is 4. The third kappa shape index (κ3) is 7.72. The van der Waals surface area contributed by atoms with Gasteiger partial charge in [0.15, 0.2) is 0 Å². The summed E-state index contributed by atoms with van der Waals surface area (Å²) in [6.07, 6.45) is 1.61. The first-order valence-electron chi connectivity index (χ1n) is 9.30. The summed E-state index contributed by atoms with van der Waals surface area (Å²) >= 11 is 12.1. The smallest absolute Gasteiger partial charge is 0.0715 e. The van der Waals surface area contributed by atoms with Gasteiger partial charge in [-0.2, -0.15) is 10.2 Å². The summed E-state index contributed by atoms with van der Waals surface area (Å²) in [6.45, 7) is 1.79. The predicted octanol–water partition coefficient (Wildman–Crippen LogP) is 5.09. The molecule has 0 radical (unpaired) electrons. The summed E-state index contributed by atoms with van der Waals surface area (Å²) in [6, 6.07) is 15.5. The molecule has 28 heavy (non-hydrogen) atoms. The Hall–Kier alpha value is -1.72. The van der Waals surface area contributed by atoms with E-state index < -0.39 is 0 Å². The van der Waals surface area contributed by atoms with Crippen LogP contribution in [0.15, 0.2) is 58.7 Å². The minimum Gasteiger partial charge on any atom is -0.309 e. The first-order valence-corrected chi connectivity index (χ1v) is 10.1. The highest BCUT2D eigenvalue weighted by Crippen LogP contribution is 2.15. The number of halogens is 2. The van der Waals surface area contributed by atoms with Gasteiger partial charge in [-0.15, -0.1) is 0 Å². The van der Waals surface area contributed by atoms with Crippen molar-refractivity contribution in [1.29, 1.82) is 0 Å². The van der Waals surface area contributed by atoms with E-state index in [1.165, 1.54) is 0 Å². The van der Waals surface area contributed by atoms with Crippen molar-refractivity contribution in [3.05, 3.63) is 69.7 Å². The summed E-state index contributed by atoms with van der Waals surface area (Å²) < 4.78 is 0. The van der Waals surface area contributed by atoms with E-state index in [1.807, 2.05) is 48.5 Å². The van der Waals surface area contributed by atoms with Crippen LogP contribution in [0.25, 0.3) is 0 Å². The molecule has 150 valence electrons. The topological polar surface area (TPSA) is 31.2 Å². The number of hydrogen-bond donors (Lipinski definition) is 0. The van der Waals surface area contributed by atoms with Gasteiger partial charge in [0, 0.05) is 36.0 Å². The van der Waals surface area contributed by atoms with Gasteiger partial charge >= 0.3 is 0 Å². The van der Waals surface area contributed by atoms with Crippen molar-refractivity contribution in [1.82, 2.24) is 9.80 Å². The minimum absolute atomic E-state index is 0.715. The van der Waals surface area contributed by atoms with Crippen LogP contribution in [-0.4, -0.2) is 62.5 Å². The molecular formula is C22H28Cl2N4. The van der Waals surface area contributed by atoms with Crippen molar-refractivity contribution >= 4 is 34.6 Å². The average Bonchev–Trinajstić information content (AvgIpc) is 2.65. The lowest BCUT2D eigenvalue weighted by Gasteiger charge is -2.13. The Labute approximate surface area is 178 Å². The number of nitrogens with zero attached hydrogens (tertiary/aromatic N) is 4. The molecule has 0 unspecified atom stereocenters. The average molecular weight is 419 g/mol. The molecule has 2 rings (SSSR count). The van der Waals surface area contributed by atoms with Crippen LogP contribution in [-0.2, 0) is 0 Å². The zero-order valence-corrected chi connectivity index (χ0v) is 18.5. The lowest BCUT2D eigenvalue weighted by Crippen LogP contribution is -2.18. The molecule has 0 bridgehead atoms. The Balaban J connectivity index is 2.37. The highest BCUT2D eigenvalue weighted by atomic mass is 35.5. The van der Waals surface area contributed by atoms with E-state index in [9.17, 15) is 0 Å². The molecule has 2 aromatic carbocycles.